The molecule has 156 valence electrons. The third-order valence-corrected chi connectivity index (χ3v) is 5.37. The minimum atomic E-state index is -0.737. The highest BCUT2D eigenvalue weighted by Crippen LogP contribution is 2.38. The van der Waals surface area contributed by atoms with Crippen molar-refractivity contribution in [2.75, 3.05) is 11.9 Å². The monoisotopic (exact) mass is 420 g/mol. The zero-order valence-corrected chi connectivity index (χ0v) is 16.5. The van der Waals surface area contributed by atoms with Gasteiger partial charge in [0.05, 0.1) is 36.1 Å². The molecule has 1 aliphatic heterocycles. The molecule has 9 heteroatoms. The number of imidazole rings is 1. The van der Waals surface area contributed by atoms with Crippen molar-refractivity contribution in [2.45, 2.75) is 6.04 Å². The summed E-state index contributed by atoms with van der Waals surface area (Å²) in [6, 6.07) is 9.15. The zero-order valence-electron chi connectivity index (χ0n) is 16.5. The van der Waals surface area contributed by atoms with Crippen LogP contribution in [0, 0.1) is 11.6 Å². The third-order valence-electron chi connectivity index (χ3n) is 5.37. The summed E-state index contributed by atoms with van der Waals surface area (Å²) < 4.78 is 32.5. The van der Waals surface area contributed by atoms with E-state index < -0.39 is 17.7 Å². The van der Waals surface area contributed by atoms with Gasteiger partial charge in [0.15, 0.2) is 0 Å². The van der Waals surface area contributed by atoms with Crippen molar-refractivity contribution in [2.24, 2.45) is 7.05 Å². The number of fused-ring (bicyclic) bond motifs is 3. The molecule has 0 fully saturated rings. The van der Waals surface area contributed by atoms with Crippen molar-refractivity contribution in [1.82, 2.24) is 24.6 Å². The molecular weight excluding hydrogens is 402 g/mol. The minimum absolute atomic E-state index is 0.0757. The van der Waals surface area contributed by atoms with Gasteiger partial charge in [0.25, 0.3) is 0 Å². The van der Waals surface area contributed by atoms with Crippen LogP contribution >= 0.6 is 0 Å². The molecular formula is C22H18F2N6O. The maximum atomic E-state index is 14.5. The number of nitrogens with one attached hydrogen (secondary N) is 2. The van der Waals surface area contributed by atoms with Crippen LogP contribution < -0.4 is 10.6 Å². The van der Waals surface area contributed by atoms with Gasteiger partial charge in [0.2, 0.25) is 0 Å². The number of hydrogen-bond acceptors (Lipinski definition) is 3. The van der Waals surface area contributed by atoms with Crippen LogP contribution in [0.5, 0.6) is 0 Å². The second kappa shape index (κ2) is 7.35. The molecule has 2 amide bonds. The maximum absolute atomic E-state index is 14.5. The lowest BCUT2D eigenvalue weighted by atomic mass is 10.0. The summed E-state index contributed by atoms with van der Waals surface area (Å²) in [4.78, 5) is 16.6. The number of halogens is 2. The van der Waals surface area contributed by atoms with Crippen LogP contribution in [-0.2, 0) is 7.05 Å². The smallest absolute Gasteiger partial charge is 0.319 e. The molecule has 2 aromatic carbocycles. The Labute approximate surface area is 176 Å². The quantitative estimate of drug-likeness (QED) is 0.525. The van der Waals surface area contributed by atoms with Crippen molar-refractivity contribution in [3.05, 3.63) is 78.5 Å². The first-order valence-electron chi connectivity index (χ1n) is 9.65. The van der Waals surface area contributed by atoms with E-state index in [0.717, 1.165) is 29.0 Å². The number of carbonyl (C=O) groups excluding carboxylic acids is 1. The van der Waals surface area contributed by atoms with E-state index in [2.05, 4.69) is 20.7 Å². The van der Waals surface area contributed by atoms with Crippen LogP contribution in [0.2, 0.25) is 0 Å². The number of hydrogen-bond donors (Lipinski definition) is 2. The highest BCUT2D eigenvalue weighted by Gasteiger charge is 2.28. The SMILES string of the molecule is Cn1cc(-c2cc(F)c(NC(=O)NCC3c4ccccc4-c4cncn43)cc2F)cn1. The van der Waals surface area contributed by atoms with Gasteiger partial charge in [-0.05, 0) is 11.6 Å². The van der Waals surface area contributed by atoms with Gasteiger partial charge in [-0.2, -0.15) is 5.10 Å². The lowest BCUT2D eigenvalue weighted by molar-refractivity contribution is 0.251. The summed E-state index contributed by atoms with van der Waals surface area (Å²) in [6.07, 6.45) is 6.52. The normalized spacial score (nSPS) is 14.2. The van der Waals surface area contributed by atoms with Crippen LogP contribution in [0.1, 0.15) is 11.6 Å². The topological polar surface area (TPSA) is 76.8 Å². The number of benzene rings is 2. The molecule has 1 unspecified atom stereocenters. The molecule has 0 saturated carbocycles. The number of anilines is 1. The van der Waals surface area contributed by atoms with Gasteiger partial charge >= 0.3 is 6.03 Å². The van der Waals surface area contributed by atoms with Gasteiger partial charge in [-0.3, -0.25) is 4.68 Å². The number of rotatable bonds is 4. The van der Waals surface area contributed by atoms with Crippen molar-refractivity contribution in [3.63, 3.8) is 0 Å². The van der Waals surface area contributed by atoms with Gasteiger partial charge < -0.3 is 15.2 Å². The van der Waals surface area contributed by atoms with E-state index in [1.165, 1.54) is 10.9 Å². The van der Waals surface area contributed by atoms with Crippen LogP contribution in [0.15, 0.2) is 61.3 Å². The Morgan fingerprint density at radius 1 is 1.13 bits per heavy atom. The highest BCUT2D eigenvalue weighted by atomic mass is 19.1. The Morgan fingerprint density at radius 2 is 1.97 bits per heavy atom. The summed E-state index contributed by atoms with van der Waals surface area (Å²) >= 11 is 0. The Hall–Kier alpha value is -4.01. The molecule has 31 heavy (non-hydrogen) atoms. The van der Waals surface area contributed by atoms with E-state index in [1.54, 1.807) is 25.8 Å². The number of amides is 2. The lowest BCUT2D eigenvalue weighted by Gasteiger charge is -2.16. The van der Waals surface area contributed by atoms with Crippen molar-refractivity contribution in [3.8, 4) is 22.4 Å². The second-order valence-electron chi connectivity index (χ2n) is 7.34. The first-order valence-corrected chi connectivity index (χ1v) is 9.65. The van der Waals surface area contributed by atoms with Crippen LogP contribution in [-0.4, -0.2) is 31.9 Å². The first-order chi connectivity index (χ1) is 15.0. The average Bonchev–Trinajstić information content (AvgIpc) is 3.45. The zero-order chi connectivity index (χ0) is 21.5. The average molecular weight is 420 g/mol. The van der Waals surface area contributed by atoms with E-state index in [-0.39, 0.29) is 23.8 Å². The standard InChI is InChI=1S/C22H18F2N6O/c1-29-11-13(8-27-29)16-6-18(24)19(7-17(16)23)28-22(31)26-10-21-15-5-3-2-4-14(15)20-9-25-12-30(20)21/h2-9,11-12,21H,10H2,1H3,(H2,26,28,31). The van der Waals surface area contributed by atoms with Crippen molar-refractivity contribution in [1.29, 1.82) is 0 Å². The molecule has 3 heterocycles. The van der Waals surface area contributed by atoms with Gasteiger partial charge in [0, 0.05) is 42.5 Å². The predicted octanol–water partition coefficient (Wildman–Crippen LogP) is 3.95. The molecule has 0 saturated heterocycles. The number of aromatic nitrogens is 4. The predicted molar refractivity (Wildman–Crippen MR) is 111 cm³/mol. The van der Waals surface area contributed by atoms with E-state index in [0.29, 0.717) is 5.56 Å². The van der Waals surface area contributed by atoms with E-state index in [4.69, 9.17) is 0 Å². The molecule has 7 nitrogen and oxygen atoms in total. The number of aryl methyl sites for hydroxylation is 1. The van der Waals surface area contributed by atoms with Crippen LogP contribution in [0.25, 0.3) is 22.4 Å². The van der Waals surface area contributed by atoms with Gasteiger partial charge in [-0.25, -0.2) is 18.6 Å². The second-order valence-corrected chi connectivity index (χ2v) is 7.34. The molecule has 2 aromatic heterocycles. The first kappa shape index (κ1) is 19.0. The van der Waals surface area contributed by atoms with Gasteiger partial charge in [-0.15, -0.1) is 0 Å². The van der Waals surface area contributed by atoms with Gasteiger partial charge in [0.1, 0.15) is 11.6 Å². The summed E-state index contributed by atoms with van der Waals surface area (Å²) in [6.45, 7) is 0.268. The Kier molecular flexibility index (Phi) is 4.50. The van der Waals surface area contributed by atoms with E-state index in [9.17, 15) is 13.6 Å². The van der Waals surface area contributed by atoms with Gasteiger partial charge in [-0.1, -0.05) is 24.3 Å². The fourth-order valence-corrected chi connectivity index (χ4v) is 3.92. The number of carbonyl (C=O) groups is 1. The van der Waals surface area contributed by atoms with Crippen molar-refractivity contribution >= 4 is 11.7 Å². The summed E-state index contributed by atoms with van der Waals surface area (Å²) in [5.74, 6) is -1.39. The Morgan fingerprint density at radius 3 is 2.77 bits per heavy atom. The summed E-state index contributed by atoms with van der Waals surface area (Å²) in [5, 5.41) is 9.10. The summed E-state index contributed by atoms with van der Waals surface area (Å²) in [7, 11) is 1.69. The Bertz CT molecular complexity index is 1290. The number of urea groups is 1. The fourth-order valence-electron chi connectivity index (χ4n) is 3.92. The molecule has 1 aliphatic rings. The third kappa shape index (κ3) is 3.33. The molecule has 2 N–H and O–H groups in total. The summed E-state index contributed by atoms with van der Waals surface area (Å²) in [5.41, 5.74) is 3.39. The number of nitrogens with zero attached hydrogens (tertiary/aromatic N) is 4. The molecule has 4 aromatic rings. The maximum Gasteiger partial charge on any atom is 0.319 e. The lowest BCUT2D eigenvalue weighted by Crippen LogP contribution is -2.33. The van der Waals surface area contributed by atoms with Crippen LogP contribution in [0.4, 0.5) is 19.3 Å². The van der Waals surface area contributed by atoms with Crippen molar-refractivity contribution < 1.29 is 13.6 Å². The van der Waals surface area contributed by atoms with E-state index in [1.807, 2.05) is 28.8 Å². The Balaban J connectivity index is 1.30. The molecule has 0 bridgehead atoms. The van der Waals surface area contributed by atoms with E-state index >= 15 is 0 Å². The van der Waals surface area contributed by atoms with Crippen LogP contribution in [0.3, 0.4) is 0 Å². The molecule has 1 atom stereocenters. The highest BCUT2D eigenvalue weighted by molar-refractivity contribution is 5.90. The molecule has 0 spiro atoms. The largest absolute Gasteiger partial charge is 0.335 e. The minimum Gasteiger partial charge on any atom is -0.335 e. The molecule has 0 radical (unpaired) electrons. The fraction of sp³-hybridized carbons (Fsp3) is 0.136. The molecule has 5 rings (SSSR count). The molecule has 0 aliphatic carbocycles.